The first-order chi connectivity index (χ1) is 9.31. The molecule has 0 saturated carbocycles. The van der Waals surface area contributed by atoms with Gasteiger partial charge in [-0.1, -0.05) is 11.2 Å². The van der Waals surface area contributed by atoms with E-state index in [1.54, 1.807) is 17.5 Å². The molecular weight excluding hydrogens is 260 g/mol. The van der Waals surface area contributed by atoms with Gasteiger partial charge in [0.2, 0.25) is 0 Å². The number of anilines is 1. The molecule has 0 aromatic carbocycles. The number of nitrogens with one attached hydrogen (secondary N) is 1. The molecule has 3 rings (SSSR count). The number of aryl methyl sites for hydroxylation is 1. The van der Waals surface area contributed by atoms with E-state index >= 15 is 0 Å². The summed E-state index contributed by atoms with van der Waals surface area (Å²) in [6.07, 6.45) is 1.77. The van der Waals surface area contributed by atoms with Gasteiger partial charge in [-0.05, 0) is 19.1 Å². The predicted molar refractivity (Wildman–Crippen MR) is 73.9 cm³/mol. The lowest BCUT2D eigenvalue weighted by molar-refractivity contribution is 0.399. The quantitative estimate of drug-likeness (QED) is 0.790. The van der Waals surface area contributed by atoms with E-state index in [4.69, 9.17) is 4.52 Å². The SMILES string of the molecule is Cc1cc(NCc2csc(-c3ccccn3)n2)no1. The van der Waals surface area contributed by atoms with Gasteiger partial charge in [-0.15, -0.1) is 11.3 Å². The van der Waals surface area contributed by atoms with Gasteiger partial charge in [0.15, 0.2) is 5.82 Å². The maximum Gasteiger partial charge on any atom is 0.169 e. The van der Waals surface area contributed by atoms with Crippen LogP contribution in [0, 0.1) is 6.92 Å². The third-order valence-corrected chi connectivity index (χ3v) is 3.43. The van der Waals surface area contributed by atoms with Crippen molar-refractivity contribution in [2.45, 2.75) is 13.5 Å². The monoisotopic (exact) mass is 272 g/mol. The van der Waals surface area contributed by atoms with Crippen LogP contribution in [0.1, 0.15) is 11.5 Å². The van der Waals surface area contributed by atoms with Gasteiger partial charge < -0.3 is 9.84 Å². The Morgan fingerprint density at radius 2 is 2.32 bits per heavy atom. The van der Waals surface area contributed by atoms with Gasteiger partial charge in [0.25, 0.3) is 0 Å². The fraction of sp³-hybridized carbons (Fsp3) is 0.154. The summed E-state index contributed by atoms with van der Waals surface area (Å²) < 4.78 is 4.99. The first-order valence-electron chi connectivity index (χ1n) is 5.84. The normalized spacial score (nSPS) is 10.6. The fourth-order valence-electron chi connectivity index (χ4n) is 1.63. The summed E-state index contributed by atoms with van der Waals surface area (Å²) in [5.74, 6) is 1.51. The number of hydrogen-bond acceptors (Lipinski definition) is 6. The molecule has 96 valence electrons. The van der Waals surface area contributed by atoms with Crippen molar-refractivity contribution in [2.24, 2.45) is 0 Å². The summed E-state index contributed by atoms with van der Waals surface area (Å²) >= 11 is 1.59. The van der Waals surface area contributed by atoms with E-state index in [1.807, 2.05) is 36.6 Å². The highest BCUT2D eigenvalue weighted by molar-refractivity contribution is 7.13. The summed E-state index contributed by atoms with van der Waals surface area (Å²) in [5, 5.41) is 9.98. The van der Waals surface area contributed by atoms with Gasteiger partial charge in [0.1, 0.15) is 10.8 Å². The average Bonchev–Trinajstić information content (AvgIpc) is 3.06. The maximum atomic E-state index is 4.99. The number of nitrogens with zero attached hydrogens (tertiary/aromatic N) is 3. The molecule has 0 bridgehead atoms. The molecule has 3 aromatic heterocycles. The summed E-state index contributed by atoms with van der Waals surface area (Å²) in [5.41, 5.74) is 1.86. The van der Waals surface area contributed by atoms with E-state index in [2.05, 4.69) is 20.4 Å². The van der Waals surface area contributed by atoms with Crippen LogP contribution in [0.3, 0.4) is 0 Å². The molecule has 5 nitrogen and oxygen atoms in total. The fourth-order valence-corrected chi connectivity index (χ4v) is 2.42. The average molecular weight is 272 g/mol. The summed E-state index contributed by atoms with van der Waals surface area (Å²) in [7, 11) is 0. The van der Waals surface area contributed by atoms with Gasteiger partial charge >= 0.3 is 0 Å². The highest BCUT2D eigenvalue weighted by atomic mass is 32.1. The molecule has 0 atom stereocenters. The number of rotatable bonds is 4. The third kappa shape index (κ3) is 2.79. The van der Waals surface area contributed by atoms with Crippen LogP contribution in [-0.2, 0) is 6.54 Å². The van der Waals surface area contributed by atoms with Crippen molar-refractivity contribution in [1.82, 2.24) is 15.1 Å². The smallest absolute Gasteiger partial charge is 0.169 e. The van der Waals surface area contributed by atoms with Crippen LogP contribution in [0.5, 0.6) is 0 Å². The minimum absolute atomic E-state index is 0.620. The summed E-state index contributed by atoms with van der Waals surface area (Å²) in [6.45, 7) is 2.48. The van der Waals surface area contributed by atoms with Gasteiger partial charge in [-0.2, -0.15) is 0 Å². The van der Waals surface area contributed by atoms with Gasteiger partial charge in [0, 0.05) is 17.6 Å². The van der Waals surface area contributed by atoms with Gasteiger partial charge in [-0.3, -0.25) is 4.98 Å². The Morgan fingerprint density at radius 1 is 1.37 bits per heavy atom. The minimum Gasteiger partial charge on any atom is -0.362 e. The molecule has 0 radical (unpaired) electrons. The molecule has 0 saturated heterocycles. The predicted octanol–water partition coefficient (Wildman–Crippen LogP) is 3.11. The first-order valence-corrected chi connectivity index (χ1v) is 6.72. The van der Waals surface area contributed by atoms with Crippen molar-refractivity contribution >= 4 is 17.2 Å². The van der Waals surface area contributed by atoms with Gasteiger partial charge in [-0.25, -0.2) is 4.98 Å². The molecule has 3 aromatic rings. The molecule has 0 spiro atoms. The topological polar surface area (TPSA) is 63.8 Å². The van der Waals surface area contributed by atoms with E-state index in [-0.39, 0.29) is 0 Å². The van der Waals surface area contributed by atoms with Crippen molar-refractivity contribution in [1.29, 1.82) is 0 Å². The van der Waals surface area contributed by atoms with Crippen LogP contribution in [0.4, 0.5) is 5.82 Å². The number of aromatic nitrogens is 3. The number of pyridine rings is 1. The van der Waals surface area contributed by atoms with E-state index in [9.17, 15) is 0 Å². The van der Waals surface area contributed by atoms with Crippen molar-refractivity contribution in [3.8, 4) is 10.7 Å². The summed E-state index contributed by atoms with van der Waals surface area (Å²) in [6, 6.07) is 7.66. The molecule has 6 heteroatoms. The second-order valence-electron chi connectivity index (χ2n) is 4.04. The Bertz CT molecular complexity index is 662. The Labute approximate surface area is 114 Å². The maximum absolute atomic E-state index is 4.99. The number of thiazole rings is 1. The lowest BCUT2D eigenvalue weighted by atomic mass is 10.3. The van der Waals surface area contributed by atoms with E-state index < -0.39 is 0 Å². The van der Waals surface area contributed by atoms with Crippen molar-refractivity contribution in [3.63, 3.8) is 0 Å². The Kier molecular flexibility index (Phi) is 3.24. The minimum atomic E-state index is 0.620. The molecule has 19 heavy (non-hydrogen) atoms. The molecule has 0 aliphatic carbocycles. The van der Waals surface area contributed by atoms with Crippen LogP contribution >= 0.6 is 11.3 Å². The van der Waals surface area contributed by atoms with Crippen molar-refractivity contribution in [2.75, 3.05) is 5.32 Å². The molecule has 1 N–H and O–H groups in total. The van der Waals surface area contributed by atoms with Crippen LogP contribution in [0.25, 0.3) is 10.7 Å². The third-order valence-electron chi connectivity index (χ3n) is 2.51. The zero-order valence-corrected chi connectivity index (χ0v) is 11.1. The molecule has 3 heterocycles. The lowest BCUT2D eigenvalue weighted by Crippen LogP contribution is -1.99. The second-order valence-corrected chi connectivity index (χ2v) is 4.89. The summed E-state index contributed by atoms with van der Waals surface area (Å²) in [4.78, 5) is 8.82. The Morgan fingerprint density at radius 3 is 3.05 bits per heavy atom. The molecular formula is C13H12N4OS. The van der Waals surface area contributed by atoms with Crippen LogP contribution in [0.2, 0.25) is 0 Å². The van der Waals surface area contributed by atoms with E-state index in [0.717, 1.165) is 28.0 Å². The zero-order chi connectivity index (χ0) is 13.1. The second kappa shape index (κ2) is 5.19. The van der Waals surface area contributed by atoms with Crippen LogP contribution in [0.15, 0.2) is 40.4 Å². The zero-order valence-electron chi connectivity index (χ0n) is 10.3. The molecule has 0 fully saturated rings. The van der Waals surface area contributed by atoms with Crippen molar-refractivity contribution in [3.05, 3.63) is 47.3 Å². The largest absolute Gasteiger partial charge is 0.362 e. The first kappa shape index (κ1) is 11.9. The number of hydrogen-bond donors (Lipinski definition) is 1. The molecule has 0 unspecified atom stereocenters. The van der Waals surface area contributed by atoms with Crippen LogP contribution < -0.4 is 5.32 Å². The standard InChI is InChI=1S/C13H12N4OS/c1-9-6-12(17-18-9)15-7-10-8-19-13(16-10)11-4-2-3-5-14-11/h2-6,8H,7H2,1H3,(H,15,17). The van der Waals surface area contributed by atoms with Crippen LogP contribution in [-0.4, -0.2) is 15.1 Å². The van der Waals surface area contributed by atoms with E-state index in [1.165, 1.54) is 0 Å². The molecule has 0 aliphatic heterocycles. The highest BCUT2D eigenvalue weighted by Crippen LogP contribution is 2.21. The lowest BCUT2D eigenvalue weighted by Gasteiger charge is -1.97. The van der Waals surface area contributed by atoms with Gasteiger partial charge in [0.05, 0.1) is 17.9 Å². The molecule has 0 aliphatic rings. The highest BCUT2D eigenvalue weighted by Gasteiger charge is 2.06. The Hall–Kier alpha value is -2.21. The van der Waals surface area contributed by atoms with E-state index in [0.29, 0.717) is 6.54 Å². The Balaban J connectivity index is 1.68. The molecule has 0 amide bonds. The van der Waals surface area contributed by atoms with Crippen molar-refractivity contribution < 1.29 is 4.52 Å².